The molecule has 0 saturated carbocycles. The third-order valence-corrected chi connectivity index (χ3v) is 6.61. The van der Waals surface area contributed by atoms with Crippen molar-refractivity contribution in [1.29, 1.82) is 0 Å². The number of carbonyl (C=O) groups excluding carboxylic acids is 2. The minimum absolute atomic E-state index is 0.00649. The zero-order valence-electron chi connectivity index (χ0n) is 18.5. The topological polar surface area (TPSA) is 100 Å². The van der Waals surface area contributed by atoms with E-state index in [0.717, 1.165) is 37.2 Å². The predicted octanol–water partition coefficient (Wildman–Crippen LogP) is 1.31. The smallest absolute Gasteiger partial charge is 0.277 e. The molecule has 4 rings (SSSR count). The van der Waals surface area contributed by atoms with Crippen LogP contribution in [0.3, 0.4) is 0 Å². The molecule has 0 aromatic carbocycles. The van der Waals surface area contributed by atoms with Crippen LogP contribution in [0.1, 0.15) is 56.0 Å². The maximum atomic E-state index is 13.2. The monoisotopic (exact) mass is 429 g/mol. The molecule has 0 aliphatic carbocycles. The van der Waals surface area contributed by atoms with Gasteiger partial charge in [-0.1, -0.05) is 13.8 Å². The third-order valence-electron chi connectivity index (χ3n) is 6.61. The lowest BCUT2D eigenvalue weighted by Crippen LogP contribution is -2.42. The lowest BCUT2D eigenvalue weighted by Gasteiger charge is -2.33. The molecule has 2 aromatic rings. The van der Waals surface area contributed by atoms with Gasteiger partial charge in [0, 0.05) is 56.8 Å². The molecule has 0 unspecified atom stereocenters. The number of aromatic amines is 1. The first kappa shape index (κ1) is 21.5. The van der Waals surface area contributed by atoms with Gasteiger partial charge in [-0.15, -0.1) is 0 Å². The zero-order chi connectivity index (χ0) is 22.1. The SMILES string of the molecule is CC[C@H](C)C(=O)N1CCC[C@H](c2cc3nc4c(c(=O)n3[nH]2)CN(C(=O)COC)CC4)C1. The third kappa shape index (κ3) is 4.11. The standard InChI is InChI=1S/C22H31N5O4/c1-4-14(2)21(29)26-8-5-6-15(11-26)18-10-19-23-17-7-9-25(20(28)13-31-3)12-16(17)22(30)27(19)24-18/h10,14-15,24H,4-9,11-13H2,1-3H3/t14-,15-/m0/s1. The van der Waals surface area contributed by atoms with Crippen LogP contribution in [0, 0.1) is 5.92 Å². The van der Waals surface area contributed by atoms with Crippen LogP contribution in [0.25, 0.3) is 5.65 Å². The van der Waals surface area contributed by atoms with Gasteiger partial charge in [-0.3, -0.25) is 19.5 Å². The zero-order valence-corrected chi connectivity index (χ0v) is 18.5. The number of rotatable bonds is 5. The van der Waals surface area contributed by atoms with Crippen LogP contribution < -0.4 is 5.56 Å². The highest BCUT2D eigenvalue weighted by molar-refractivity contribution is 5.78. The molecule has 2 amide bonds. The van der Waals surface area contributed by atoms with E-state index in [1.807, 2.05) is 24.8 Å². The van der Waals surface area contributed by atoms with Gasteiger partial charge in [0.2, 0.25) is 11.8 Å². The maximum absolute atomic E-state index is 13.2. The van der Waals surface area contributed by atoms with Crippen LogP contribution in [-0.4, -0.2) is 69.6 Å². The van der Waals surface area contributed by atoms with Crippen LogP contribution in [0.4, 0.5) is 0 Å². The Balaban J connectivity index is 1.59. The van der Waals surface area contributed by atoms with Crippen LogP contribution in [0.5, 0.6) is 0 Å². The number of piperidine rings is 1. The fraction of sp³-hybridized carbons (Fsp3) is 0.636. The summed E-state index contributed by atoms with van der Waals surface area (Å²) in [5.74, 6) is 0.258. The lowest BCUT2D eigenvalue weighted by molar-refractivity contribution is -0.137. The van der Waals surface area contributed by atoms with Crippen molar-refractivity contribution >= 4 is 17.5 Å². The van der Waals surface area contributed by atoms with Crippen molar-refractivity contribution in [2.75, 3.05) is 33.4 Å². The van der Waals surface area contributed by atoms with E-state index in [2.05, 4.69) is 5.10 Å². The van der Waals surface area contributed by atoms with Crippen molar-refractivity contribution in [3.63, 3.8) is 0 Å². The van der Waals surface area contributed by atoms with E-state index in [0.29, 0.717) is 30.7 Å². The number of fused-ring (bicyclic) bond motifs is 2. The van der Waals surface area contributed by atoms with Gasteiger partial charge < -0.3 is 14.5 Å². The number of aromatic nitrogens is 3. The molecule has 0 radical (unpaired) electrons. The lowest BCUT2D eigenvalue weighted by atomic mass is 9.93. The number of nitrogens with one attached hydrogen (secondary N) is 1. The summed E-state index contributed by atoms with van der Waals surface area (Å²) in [6.07, 6.45) is 3.29. The Morgan fingerprint density at radius 2 is 2.13 bits per heavy atom. The van der Waals surface area contributed by atoms with Crippen molar-refractivity contribution < 1.29 is 14.3 Å². The van der Waals surface area contributed by atoms with Gasteiger partial charge in [-0.25, -0.2) is 9.50 Å². The Labute approximate surface area is 181 Å². The molecule has 1 fully saturated rings. The van der Waals surface area contributed by atoms with Crippen molar-refractivity contribution in [2.45, 2.75) is 52.0 Å². The number of likely N-dealkylation sites (tertiary alicyclic amines) is 1. The second kappa shape index (κ2) is 8.82. The Bertz CT molecular complexity index is 1040. The Kier molecular flexibility index (Phi) is 6.13. The minimum Gasteiger partial charge on any atom is -0.375 e. The van der Waals surface area contributed by atoms with Crippen LogP contribution in [0.2, 0.25) is 0 Å². The summed E-state index contributed by atoms with van der Waals surface area (Å²) < 4.78 is 6.42. The second-order valence-electron chi connectivity index (χ2n) is 8.68. The maximum Gasteiger partial charge on any atom is 0.277 e. The first-order valence-corrected chi connectivity index (χ1v) is 11.1. The second-order valence-corrected chi connectivity index (χ2v) is 8.68. The molecule has 2 aromatic heterocycles. The van der Waals surface area contributed by atoms with Gasteiger partial charge in [-0.05, 0) is 19.3 Å². The number of carbonyl (C=O) groups is 2. The summed E-state index contributed by atoms with van der Waals surface area (Å²) in [6, 6.07) is 1.94. The largest absolute Gasteiger partial charge is 0.375 e. The average Bonchev–Trinajstić information content (AvgIpc) is 3.22. The highest BCUT2D eigenvalue weighted by Crippen LogP contribution is 2.28. The number of hydrogen-bond donors (Lipinski definition) is 1. The van der Waals surface area contributed by atoms with Crippen LogP contribution in [-0.2, 0) is 27.3 Å². The van der Waals surface area contributed by atoms with Crippen molar-refractivity contribution in [1.82, 2.24) is 24.4 Å². The predicted molar refractivity (Wildman–Crippen MR) is 115 cm³/mol. The highest BCUT2D eigenvalue weighted by atomic mass is 16.5. The fourth-order valence-corrected chi connectivity index (χ4v) is 4.55. The van der Waals surface area contributed by atoms with Gasteiger partial charge in [-0.2, -0.15) is 0 Å². The minimum atomic E-state index is -0.162. The van der Waals surface area contributed by atoms with Crippen molar-refractivity contribution in [2.24, 2.45) is 5.92 Å². The number of methoxy groups -OCH3 is 1. The van der Waals surface area contributed by atoms with Crippen LogP contribution in [0.15, 0.2) is 10.9 Å². The van der Waals surface area contributed by atoms with Gasteiger partial charge in [0.05, 0.1) is 17.8 Å². The Hall–Kier alpha value is -2.68. The molecule has 0 spiro atoms. The molecular weight excluding hydrogens is 398 g/mol. The molecule has 1 saturated heterocycles. The Morgan fingerprint density at radius 1 is 1.32 bits per heavy atom. The van der Waals surface area contributed by atoms with E-state index in [9.17, 15) is 14.4 Å². The van der Waals surface area contributed by atoms with E-state index >= 15 is 0 Å². The Morgan fingerprint density at radius 3 is 2.87 bits per heavy atom. The molecule has 1 N–H and O–H groups in total. The van der Waals surface area contributed by atoms with Gasteiger partial charge in [0.1, 0.15) is 6.61 Å². The van der Waals surface area contributed by atoms with E-state index in [1.54, 1.807) is 4.90 Å². The average molecular weight is 430 g/mol. The number of ether oxygens (including phenoxy) is 1. The number of amides is 2. The molecule has 2 atom stereocenters. The summed E-state index contributed by atoms with van der Waals surface area (Å²) >= 11 is 0. The first-order chi connectivity index (χ1) is 14.9. The van der Waals surface area contributed by atoms with Crippen LogP contribution >= 0.6 is 0 Å². The summed E-state index contributed by atoms with van der Waals surface area (Å²) in [7, 11) is 1.49. The van der Waals surface area contributed by atoms with E-state index in [1.165, 1.54) is 11.6 Å². The highest BCUT2D eigenvalue weighted by Gasteiger charge is 2.29. The number of H-pyrrole nitrogens is 1. The van der Waals surface area contributed by atoms with E-state index in [-0.39, 0.29) is 42.4 Å². The van der Waals surface area contributed by atoms with Gasteiger partial charge in [0.25, 0.3) is 5.56 Å². The molecule has 9 heteroatoms. The first-order valence-electron chi connectivity index (χ1n) is 11.1. The molecule has 4 heterocycles. The van der Waals surface area contributed by atoms with E-state index in [4.69, 9.17) is 9.72 Å². The molecule has 168 valence electrons. The van der Waals surface area contributed by atoms with E-state index < -0.39 is 0 Å². The normalized spacial score (nSPS) is 20.0. The van der Waals surface area contributed by atoms with Crippen molar-refractivity contribution in [3.8, 4) is 0 Å². The summed E-state index contributed by atoms with van der Waals surface area (Å²) in [4.78, 5) is 46.3. The van der Waals surface area contributed by atoms with Crippen molar-refractivity contribution in [3.05, 3.63) is 33.4 Å². The van der Waals surface area contributed by atoms with Gasteiger partial charge in [0.15, 0.2) is 5.65 Å². The summed E-state index contributed by atoms with van der Waals surface area (Å²) in [5, 5.41) is 3.23. The number of hydrogen-bond acceptors (Lipinski definition) is 5. The molecular formula is C22H31N5O4. The molecule has 2 aliphatic heterocycles. The summed E-state index contributed by atoms with van der Waals surface area (Å²) in [5.41, 5.74) is 2.68. The molecule has 2 aliphatic rings. The quantitative estimate of drug-likeness (QED) is 0.772. The molecule has 31 heavy (non-hydrogen) atoms. The number of nitrogens with zero attached hydrogens (tertiary/aromatic N) is 4. The fourth-order valence-electron chi connectivity index (χ4n) is 4.55. The summed E-state index contributed by atoms with van der Waals surface area (Å²) in [6.45, 7) is 6.24. The molecule has 9 nitrogen and oxygen atoms in total. The molecule has 0 bridgehead atoms. The van der Waals surface area contributed by atoms with Gasteiger partial charge >= 0.3 is 0 Å².